The minimum Gasteiger partial charge on any atom is -0.415 e. The Balaban J connectivity index is 2.27. The van der Waals surface area contributed by atoms with Crippen LogP contribution in [-0.4, -0.2) is 21.7 Å². The zero-order valence-electron chi connectivity index (χ0n) is 10.7. The van der Waals surface area contributed by atoms with E-state index in [0.717, 1.165) is 5.56 Å². The first-order chi connectivity index (χ1) is 9.70. The highest BCUT2D eigenvalue weighted by atomic mass is 16.6. The molecule has 0 unspecified atom stereocenters. The third-order valence-electron chi connectivity index (χ3n) is 3.02. The van der Waals surface area contributed by atoms with Crippen LogP contribution in [0.2, 0.25) is 0 Å². The van der Waals surface area contributed by atoms with E-state index in [0.29, 0.717) is 16.9 Å². The quantitative estimate of drug-likeness (QED) is 0.541. The summed E-state index contributed by atoms with van der Waals surface area (Å²) in [7, 11) is 1.51. The SMILES string of the molecule is COn1c(-c2ccccc2)nc2ccc([N+](=O)[O-])cc21. The molecule has 0 spiro atoms. The Hall–Kier alpha value is -2.89. The zero-order valence-corrected chi connectivity index (χ0v) is 10.7. The summed E-state index contributed by atoms with van der Waals surface area (Å²) < 4.78 is 1.50. The van der Waals surface area contributed by atoms with Crippen molar-refractivity contribution in [3.63, 3.8) is 0 Å². The summed E-state index contributed by atoms with van der Waals surface area (Å²) in [6.07, 6.45) is 0. The molecule has 0 fully saturated rings. The Bertz CT molecular complexity index is 781. The second-order valence-corrected chi connectivity index (χ2v) is 4.21. The highest BCUT2D eigenvalue weighted by Crippen LogP contribution is 2.26. The molecule has 0 aliphatic carbocycles. The molecule has 0 aliphatic rings. The number of hydrogen-bond donors (Lipinski definition) is 0. The van der Waals surface area contributed by atoms with Crippen LogP contribution in [0.3, 0.4) is 0 Å². The van der Waals surface area contributed by atoms with E-state index in [-0.39, 0.29) is 5.69 Å². The number of hydrogen-bond acceptors (Lipinski definition) is 4. The fraction of sp³-hybridized carbons (Fsp3) is 0.0714. The van der Waals surface area contributed by atoms with Crippen LogP contribution in [0.5, 0.6) is 0 Å². The van der Waals surface area contributed by atoms with Gasteiger partial charge in [-0.3, -0.25) is 10.1 Å². The van der Waals surface area contributed by atoms with E-state index in [2.05, 4.69) is 4.98 Å². The number of aromatic nitrogens is 2. The van der Waals surface area contributed by atoms with E-state index in [9.17, 15) is 10.1 Å². The second-order valence-electron chi connectivity index (χ2n) is 4.21. The molecule has 100 valence electrons. The number of non-ortho nitro benzene ring substituents is 1. The van der Waals surface area contributed by atoms with Crippen molar-refractivity contribution in [2.75, 3.05) is 7.11 Å². The van der Waals surface area contributed by atoms with Crippen LogP contribution >= 0.6 is 0 Å². The molecule has 0 N–H and O–H groups in total. The molecule has 0 atom stereocenters. The Morgan fingerprint density at radius 2 is 1.95 bits per heavy atom. The lowest BCUT2D eigenvalue weighted by atomic mass is 10.2. The van der Waals surface area contributed by atoms with Gasteiger partial charge in [-0.2, -0.15) is 4.73 Å². The molecule has 1 aromatic heterocycles. The molecule has 0 saturated carbocycles. The molecule has 0 saturated heterocycles. The van der Waals surface area contributed by atoms with Gasteiger partial charge in [-0.05, 0) is 6.07 Å². The summed E-state index contributed by atoms with van der Waals surface area (Å²) in [5.41, 5.74) is 2.11. The van der Waals surface area contributed by atoms with Gasteiger partial charge in [0.05, 0.1) is 10.4 Å². The summed E-state index contributed by atoms with van der Waals surface area (Å²) in [4.78, 5) is 20.2. The summed E-state index contributed by atoms with van der Waals surface area (Å²) in [5.74, 6) is 0.614. The van der Waals surface area contributed by atoms with Crippen molar-refractivity contribution in [2.24, 2.45) is 0 Å². The normalized spacial score (nSPS) is 10.7. The first-order valence-corrected chi connectivity index (χ1v) is 5.97. The maximum atomic E-state index is 10.9. The molecule has 3 rings (SSSR count). The molecule has 2 aromatic carbocycles. The number of rotatable bonds is 3. The number of nitro groups is 1. The van der Waals surface area contributed by atoms with Crippen LogP contribution in [0.4, 0.5) is 5.69 Å². The summed E-state index contributed by atoms with van der Waals surface area (Å²) in [5, 5.41) is 10.9. The smallest absolute Gasteiger partial charge is 0.271 e. The third-order valence-corrected chi connectivity index (χ3v) is 3.02. The molecule has 0 radical (unpaired) electrons. The number of nitrogens with zero attached hydrogens (tertiary/aromatic N) is 3. The lowest BCUT2D eigenvalue weighted by molar-refractivity contribution is -0.384. The standard InChI is InChI=1S/C14H11N3O3/c1-20-16-13-9-11(17(18)19)7-8-12(13)15-14(16)10-5-3-2-4-6-10/h2-9H,1H3. The maximum absolute atomic E-state index is 10.9. The van der Waals surface area contributed by atoms with E-state index in [1.807, 2.05) is 30.3 Å². The fourth-order valence-electron chi connectivity index (χ4n) is 2.11. The van der Waals surface area contributed by atoms with Gasteiger partial charge in [-0.1, -0.05) is 30.3 Å². The second kappa shape index (κ2) is 4.65. The first kappa shape index (κ1) is 12.2. The van der Waals surface area contributed by atoms with Crippen LogP contribution in [-0.2, 0) is 0 Å². The van der Waals surface area contributed by atoms with Gasteiger partial charge >= 0.3 is 0 Å². The van der Waals surface area contributed by atoms with E-state index in [1.54, 1.807) is 6.07 Å². The minimum absolute atomic E-state index is 0.00955. The monoisotopic (exact) mass is 269 g/mol. The molecule has 0 bridgehead atoms. The van der Waals surface area contributed by atoms with E-state index < -0.39 is 4.92 Å². The van der Waals surface area contributed by atoms with Crippen LogP contribution in [0, 0.1) is 10.1 Å². The summed E-state index contributed by atoms with van der Waals surface area (Å²) >= 11 is 0. The third kappa shape index (κ3) is 1.87. The average molecular weight is 269 g/mol. The van der Waals surface area contributed by atoms with Crippen molar-refractivity contribution in [3.8, 4) is 11.4 Å². The van der Waals surface area contributed by atoms with Crippen LogP contribution in [0.15, 0.2) is 48.5 Å². The van der Waals surface area contributed by atoms with Crippen LogP contribution in [0.25, 0.3) is 22.4 Å². The number of benzene rings is 2. The van der Waals surface area contributed by atoms with Crippen molar-refractivity contribution < 1.29 is 9.76 Å². The maximum Gasteiger partial charge on any atom is 0.271 e. The predicted molar refractivity (Wildman–Crippen MR) is 74.3 cm³/mol. The van der Waals surface area contributed by atoms with E-state index in [4.69, 9.17) is 4.84 Å². The summed E-state index contributed by atoms with van der Waals surface area (Å²) in [6.45, 7) is 0. The molecule has 1 heterocycles. The van der Waals surface area contributed by atoms with Crippen LogP contribution in [0.1, 0.15) is 0 Å². The van der Waals surface area contributed by atoms with Gasteiger partial charge in [0.15, 0.2) is 5.82 Å². The van der Waals surface area contributed by atoms with Crippen molar-refractivity contribution >= 4 is 16.7 Å². The van der Waals surface area contributed by atoms with E-state index in [1.165, 1.54) is 24.0 Å². The largest absolute Gasteiger partial charge is 0.415 e. The van der Waals surface area contributed by atoms with Gasteiger partial charge in [-0.15, -0.1) is 0 Å². The molecule has 6 heteroatoms. The lowest BCUT2D eigenvalue weighted by Crippen LogP contribution is -2.07. The van der Waals surface area contributed by atoms with E-state index >= 15 is 0 Å². The Morgan fingerprint density at radius 1 is 1.20 bits per heavy atom. The minimum atomic E-state index is -0.436. The zero-order chi connectivity index (χ0) is 14.1. The van der Waals surface area contributed by atoms with Gasteiger partial charge < -0.3 is 4.84 Å². The topological polar surface area (TPSA) is 70.2 Å². The Kier molecular flexibility index (Phi) is 2.83. The highest BCUT2D eigenvalue weighted by Gasteiger charge is 2.16. The summed E-state index contributed by atoms with van der Waals surface area (Å²) in [6, 6.07) is 14.0. The number of fused-ring (bicyclic) bond motifs is 1. The molecule has 6 nitrogen and oxygen atoms in total. The van der Waals surface area contributed by atoms with Crippen molar-refractivity contribution in [1.29, 1.82) is 0 Å². The number of nitro benzene ring substituents is 1. The highest BCUT2D eigenvalue weighted by molar-refractivity contribution is 5.82. The molecule has 0 amide bonds. The van der Waals surface area contributed by atoms with Gasteiger partial charge in [0.1, 0.15) is 12.6 Å². The Labute approximate surface area is 114 Å². The molecular weight excluding hydrogens is 258 g/mol. The van der Waals surface area contributed by atoms with Gasteiger partial charge in [0.2, 0.25) is 0 Å². The van der Waals surface area contributed by atoms with Gasteiger partial charge in [-0.25, -0.2) is 4.98 Å². The first-order valence-electron chi connectivity index (χ1n) is 5.97. The molecular formula is C14H11N3O3. The van der Waals surface area contributed by atoms with Gasteiger partial charge in [0, 0.05) is 17.7 Å². The number of imidazole rings is 1. The van der Waals surface area contributed by atoms with Crippen molar-refractivity contribution in [3.05, 3.63) is 58.6 Å². The van der Waals surface area contributed by atoms with Crippen molar-refractivity contribution in [1.82, 2.24) is 9.71 Å². The van der Waals surface area contributed by atoms with Crippen LogP contribution < -0.4 is 4.84 Å². The van der Waals surface area contributed by atoms with Gasteiger partial charge in [0.25, 0.3) is 5.69 Å². The average Bonchev–Trinajstić information content (AvgIpc) is 2.85. The molecule has 3 aromatic rings. The Morgan fingerprint density at radius 3 is 2.60 bits per heavy atom. The molecule has 0 aliphatic heterocycles. The van der Waals surface area contributed by atoms with Crippen molar-refractivity contribution in [2.45, 2.75) is 0 Å². The fourth-order valence-corrected chi connectivity index (χ4v) is 2.11. The molecule has 20 heavy (non-hydrogen) atoms. The lowest BCUT2D eigenvalue weighted by Gasteiger charge is -2.06. The predicted octanol–water partition coefficient (Wildman–Crippen LogP) is 2.67.